The Hall–Kier alpha value is -2.47. The van der Waals surface area contributed by atoms with E-state index in [0.717, 1.165) is 17.0 Å². The van der Waals surface area contributed by atoms with Crippen molar-refractivity contribution in [3.05, 3.63) is 77.0 Å². The third-order valence-corrected chi connectivity index (χ3v) is 5.75. The molecule has 2 aromatic carbocycles. The molecule has 4 nitrogen and oxygen atoms in total. The zero-order chi connectivity index (χ0) is 18.9. The number of hydrogen-bond acceptors (Lipinski definition) is 3. The fourth-order valence-corrected chi connectivity index (χ4v) is 4.23. The zero-order valence-electron chi connectivity index (χ0n) is 14.6. The predicted molar refractivity (Wildman–Crippen MR) is 100 cm³/mol. The highest BCUT2D eigenvalue weighted by molar-refractivity contribution is 7.94. The minimum absolute atomic E-state index is 0.177. The summed E-state index contributed by atoms with van der Waals surface area (Å²) in [6, 6.07) is 12.2. The highest BCUT2D eigenvalue weighted by Crippen LogP contribution is 2.27. The lowest BCUT2D eigenvalue weighted by molar-refractivity contribution is 0.0982. The summed E-state index contributed by atoms with van der Waals surface area (Å²) in [6.45, 7) is 4.13. The van der Waals surface area contributed by atoms with Crippen LogP contribution in [0.5, 0.6) is 0 Å². The highest BCUT2D eigenvalue weighted by atomic mass is 32.2. The van der Waals surface area contributed by atoms with Crippen molar-refractivity contribution in [2.45, 2.75) is 25.8 Å². The minimum atomic E-state index is -3.34. The lowest BCUT2D eigenvalue weighted by atomic mass is 10.0. The molecular formula is C20H20FNO3S. The number of nitrogens with zero attached hydrogens (tertiary/aromatic N) is 1. The fourth-order valence-electron chi connectivity index (χ4n) is 2.96. The molecule has 0 radical (unpaired) electrons. The van der Waals surface area contributed by atoms with Crippen LogP contribution in [0.4, 0.5) is 10.1 Å². The van der Waals surface area contributed by atoms with E-state index in [0.29, 0.717) is 11.6 Å². The molecule has 0 aliphatic carbocycles. The molecule has 1 heterocycles. The Morgan fingerprint density at radius 1 is 1.15 bits per heavy atom. The fraction of sp³-hybridized carbons (Fsp3) is 0.250. The second-order valence-corrected chi connectivity index (χ2v) is 8.59. The first kappa shape index (κ1) is 18.3. The normalized spacial score (nSPS) is 18.2. The van der Waals surface area contributed by atoms with E-state index in [4.69, 9.17) is 0 Å². The van der Waals surface area contributed by atoms with Gasteiger partial charge in [-0.1, -0.05) is 32.0 Å². The molecule has 0 saturated carbocycles. The molecule has 0 aromatic heterocycles. The summed E-state index contributed by atoms with van der Waals surface area (Å²) in [5.74, 6) is -0.794. The average Bonchev–Trinajstić information content (AvgIpc) is 2.95. The molecular weight excluding hydrogens is 353 g/mol. The molecule has 1 atom stereocenters. The quantitative estimate of drug-likeness (QED) is 0.817. The van der Waals surface area contributed by atoms with E-state index in [9.17, 15) is 17.6 Å². The summed E-state index contributed by atoms with van der Waals surface area (Å²) in [4.78, 5) is 14.5. The number of hydrogen-bond donors (Lipinski definition) is 0. The first-order chi connectivity index (χ1) is 12.3. The smallest absolute Gasteiger partial charge is 0.258 e. The minimum Gasteiger partial charge on any atom is -0.300 e. The maximum atomic E-state index is 13.6. The van der Waals surface area contributed by atoms with Gasteiger partial charge in [-0.2, -0.15) is 0 Å². The van der Waals surface area contributed by atoms with Gasteiger partial charge in [0.25, 0.3) is 5.91 Å². The Morgan fingerprint density at radius 2 is 1.85 bits per heavy atom. The molecule has 0 unspecified atom stereocenters. The maximum Gasteiger partial charge on any atom is 0.258 e. The Balaban J connectivity index is 2.02. The van der Waals surface area contributed by atoms with E-state index in [-0.39, 0.29) is 11.3 Å². The first-order valence-corrected chi connectivity index (χ1v) is 10.1. The summed E-state index contributed by atoms with van der Waals surface area (Å²) >= 11 is 0. The molecule has 1 aliphatic rings. The van der Waals surface area contributed by atoms with Gasteiger partial charge in [0.1, 0.15) is 5.82 Å². The van der Waals surface area contributed by atoms with Gasteiger partial charge < -0.3 is 4.90 Å². The summed E-state index contributed by atoms with van der Waals surface area (Å²) in [5, 5.41) is 1.13. The van der Waals surface area contributed by atoms with E-state index in [1.54, 1.807) is 12.1 Å². The summed E-state index contributed by atoms with van der Waals surface area (Å²) in [7, 11) is -3.34. The van der Waals surface area contributed by atoms with E-state index in [2.05, 4.69) is 13.8 Å². The van der Waals surface area contributed by atoms with Gasteiger partial charge in [0, 0.05) is 16.7 Å². The van der Waals surface area contributed by atoms with Gasteiger partial charge in [-0.25, -0.2) is 12.8 Å². The van der Waals surface area contributed by atoms with Gasteiger partial charge in [0.2, 0.25) is 0 Å². The number of carbonyl (C=O) groups excluding carboxylic acids is 1. The Labute approximate surface area is 152 Å². The van der Waals surface area contributed by atoms with Crippen molar-refractivity contribution in [1.82, 2.24) is 0 Å². The van der Waals surface area contributed by atoms with Crippen molar-refractivity contribution < 1.29 is 17.6 Å². The number of rotatable bonds is 4. The zero-order valence-corrected chi connectivity index (χ0v) is 15.4. The molecule has 1 amide bonds. The van der Waals surface area contributed by atoms with Crippen LogP contribution in [0.1, 0.15) is 35.7 Å². The van der Waals surface area contributed by atoms with E-state index in [1.165, 1.54) is 29.2 Å². The molecule has 6 heteroatoms. The number of carbonyl (C=O) groups is 1. The standard InChI is InChI=1S/C20H20FNO3S/c1-14(2)15-6-8-18(9-7-15)22(19-10-11-26(24,25)13-19)20(23)16-4-3-5-17(21)12-16/h3-12,14,19H,13H2,1-2H3/t19-/m1/s1. The lowest BCUT2D eigenvalue weighted by Crippen LogP contribution is -2.41. The molecule has 0 saturated heterocycles. The molecule has 0 N–H and O–H groups in total. The van der Waals surface area contributed by atoms with Crippen LogP contribution in [-0.4, -0.2) is 26.1 Å². The van der Waals surface area contributed by atoms with Crippen molar-refractivity contribution in [1.29, 1.82) is 0 Å². The van der Waals surface area contributed by atoms with Crippen LogP contribution in [0.2, 0.25) is 0 Å². The Bertz CT molecular complexity index is 949. The third-order valence-electron chi connectivity index (χ3n) is 4.37. The number of sulfone groups is 1. The van der Waals surface area contributed by atoms with Crippen LogP contribution >= 0.6 is 0 Å². The second kappa shape index (κ2) is 7.03. The largest absolute Gasteiger partial charge is 0.300 e. The monoisotopic (exact) mass is 373 g/mol. The van der Waals surface area contributed by atoms with Crippen molar-refractivity contribution >= 4 is 21.4 Å². The SMILES string of the molecule is CC(C)c1ccc(N(C(=O)c2cccc(F)c2)[C@@H]2C=CS(=O)(=O)C2)cc1. The second-order valence-electron chi connectivity index (χ2n) is 6.66. The molecule has 0 bridgehead atoms. The number of benzene rings is 2. The van der Waals surface area contributed by atoms with E-state index < -0.39 is 27.6 Å². The van der Waals surface area contributed by atoms with Crippen molar-refractivity contribution in [2.24, 2.45) is 0 Å². The first-order valence-electron chi connectivity index (χ1n) is 8.37. The van der Waals surface area contributed by atoms with Gasteiger partial charge >= 0.3 is 0 Å². The molecule has 3 rings (SSSR count). The van der Waals surface area contributed by atoms with Gasteiger partial charge in [-0.3, -0.25) is 4.79 Å². The molecule has 0 spiro atoms. The molecule has 0 fully saturated rings. The number of anilines is 1. The van der Waals surface area contributed by atoms with Crippen LogP contribution in [0, 0.1) is 5.82 Å². The van der Waals surface area contributed by atoms with Crippen LogP contribution in [0.15, 0.2) is 60.0 Å². The van der Waals surface area contributed by atoms with E-state index in [1.807, 2.05) is 12.1 Å². The summed E-state index contributed by atoms with van der Waals surface area (Å²) in [6.07, 6.45) is 1.50. The summed E-state index contributed by atoms with van der Waals surface area (Å²) in [5.41, 5.74) is 1.87. The molecule has 1 aliphatic heterocycles. The number of amides is 1. The van der Waals surface area contributed by atoms with Crippen molar-refractivity contribution in [3.8, 4) is 0 Å². The van der Waals surface area contributed by atoms with Gasteiger partial charge in [-0.15, -0.1) is 0 Å². The van der Waals surface area contributed by atoms with Gasteiger partial charge in [-0.05, 0) is 47.9 Å². The molecule has 2 aromatic rings. The molecule has 26 heavy (non-hydrogen) atoms. The van der Waals surface area contributed by atoms with Crippen molar-refractivity contribution in [2.75, 3.05) is 10.7 Å². The topological polar surface area (TPSA) is 54.5 Å². The van der Waals surface area contributed by atoms with Crippen LogP contribution in [0.25, 0.3) is 0 Å². The third kappa shape index (κ3) is 3.85. The van der Waals surface area contributed by atoms with Crippen molar-refractivity contribution in [3.63, 3.8) is 0 Å². The highest BCUT2D eigenvalue weighted by Gasteiger charge is 2.32. The van der Waals surface area contributed by atoms with E-state index >= 15 is 0 Å². The van der Waals surface area contributed by atoms with Gasteiger partial charge in [0.05, 0.1) is 11.8 Å². The Morgan fingerprint density at radius 3 is 2.38 bits per heavy atom. The van der Waals surface area contributed by atoms with Crippen LogP contribution in [-0.2, 0) is 9.84 Å². The van der Waals surface area contributed by atoms with Gasteiger partial charge in [0.15, 0.2) is 9.84 Å². The number of halogens is 1. The van der Waals surface area contributed by atoms with Crippen LogP contribution in [0.3, 0.4) is 0 Å². The lowest BCUT2D eigenvalue weighted by Gasteiger charge is -2.28. The summed E-state index contributed by atoms with van der Waals surface area (Å²) < 4.78 is 37.3. The maximum absolute atomic E-state index is 13.6. The average molecular weight is 373 g/mol. The Kier molecular flexibility index (Phi) is 4.96. The predicted octanol–water partition coefficient (Wildman–Crippen LogP) is 3.91. The van der Waals surface area contributed by atoms with Crippen LogP contribution < -0.4 is 4.90 Å². The molecule has 136 valence electrons.